The van der Waals surface area contributed by atoms with Gasteiger partial charge in [-0.25, -0.2) is 0 Å². The summed E-state index contributed by atoms with van der Waals surface area (Å²) in [5.41, 5.74) is 4.46. The van der Waals surface area contributed by atoms with Crippen LogP contribution in [0.1, 0.15) is 70.4 Å². The summed E-state index contributed by atoms with van der Waals surface area (Å²) in [5.74, 6) is 1.78. The van der Waals surface area contributed by atoms with E-state index >= 15 is 0 Å². The number of hydrogen-bond acceptors (Lipinski definition) is 0. The molecular formula is C24H32. The zero-order chi connectivity index (χ0) is 16.9. The van der Waals surface area contributed by atoms with Crippen LogP contribution in [0.2, 0.25) is 0 Å². The van der Waals surface area contributed by atoms with Crippen molar-refractivity contribution in [3.8, 4) is 0 Å². The molecule has 1 aliphatic rings. The molecule has 24 heavy (non-hydrogen) atoms. The molecule has 0 heterocycles. The maximum absolute atomic E-state index is 2.52. The Morgan fingerprint density at radius 3 is 2.54 bits per heavy atom. The summed E-state index contributed by atoms with van der Waals surface area (Å²) in [6.07, 6.45) is 11.5. The fourth-order valence-corrected chi connectivity index (χ4v) is 4.04. The Morgan fingerprint density at radius 1 is 1.04 bits per heavy atom. The van der Waals surface area contributed by atoms with Crippen LogP contribution in [0.25, 0.3) is 16.3 Å². The van der Waals surface area contributed by atoms with E-state index in [1.54, 1.807) is 5.57 Å². The lowest BCUT2D eigenvalue weighted by atomic mass is 9.81. The third-order valence-electron chi connectivity index (χ3n) is 5.77. The maximum atomic E-state index is 2.52. The van der Waals surface area contributed by atoms with E-state index in [0.717, 1.165) is 11.8 Å². The van der Waals surface area contributed by atoms with Crippen molar-refractivity contribution in [1.82, 2.24) is 0 Å². The largest absolute Gasteiger partial charge is 0.0804 e. The summed E-state index contributed by atoms with van der Waals surface area (Å²) in [7, 11) is 0. The molecular weight excluding hydrogens is 288 g/mol. The van der Waals surface area contributed by atoms with E-state index < -0.39 is 0 Å². The van der Waals surface area contributed by atoms with Crippen LogP contribution in [0.4, 0.5) is 0 Å². The van der Waals surface area contributed by atoms with Gasteiger partial charge in [0.05, 0.1) is 0 Å². The third-order valence-corrected chi connectivity index (χ3v) is 5.77. The summed E-state index contributed by atoms with van der Waals surface area (Å²) in [6.45, 7) is 6.96. The van der Waals surface area contributed by atoms with Crippen molar-refractivity contribution in [3.63, 3.8) is 0 Å². The van der Waals surface area contributed by atoms with Gasteiger partial charge in [-0.15, -0.1) is 0 Å². The van der Waals surface area contributed by atoms with Gasteiger partial charge in [0, 0.05) is 0 Å². The van der Waals surface area contributed by atoms with Crippen LogP contribution in [0, 0.1) is 11.8 Å². The molecule has 0 N–H and O–H groups in total. The quantitative estimate of drug-likeness (QED) is 0.519. The van der Waals surface area contributed by atoms with E-state index in [2.05, 4.69) is 63.2 Å². The van der Waals surface area contributed by atoms with Gasteiger partial charge in [0.1, 0.15) is 0 Å². The van der Waals surface area contributed by atoms with Crippen molar-refractivity contribution in [2.75, 3.05) is 0 Å². The molecule has 0 bridgehead atoms. The van der Waals surface area contributed by atoms with Gasteiger partial charge in [0.15, 0.2) is 0 Å². The van der Waals surface area contributed by atoms with Gasteiger partial charge in [0.2, 0.25) is 0 Å². The van der Waals surface area contributed by atoms with E-state index in [1.165, 1.54) is 66.8 Å². The molecule has 0 amide bonds. The van der Waals surface area contributed by atoms with Crippen LogP contribution in [-0.2, 0) is 6.42 Å². The Balaban J connectivity index is 1.74. The van der Waals surface area contributed by atoms with E-state index in [1.807, 2.05) is 0 Å². The summed E-state index contributed by atoms with van der Waals surface area (Å²) in [6, 6.07) is 14.0. The van der Waals surface area contributed by atoms with Crippen LogP contribution in [0.3, 0.4) is 0 Å². The number of fused-ring (bicyclic) bond motifs is 1. The van der Waals surface area contributed by atoms with Crippen LogP contribution in [0.15, 0.2) is 42.5 Å². The number of allylic oxidation sites excluding steroid dienone is 2. The third kappa shape index (κ3) is 4.09. The Hall–Kier alpha value is -1.56. The van der Waals surface area contributed by atoms with Crippen molar-refractivity contribution in [3.05, 3.63) is 53.6 Å². The molecule has 0 aliphatic heterocycles. The molecule has 0 heteroatoms. The van der Waals surface area contributed by atoms with Crippen LogP contribution >= 0.6 is 0 Å². The minimum Gasteiger partial charge on any atom is -0.0804 e. The Kier molecular flexibility index (Phi) is 5.76. The van der Waals surface area contributed by atoms with Gasteiger partial charge in [-0.3, -0.25) is 0 Å². The molecule has 0 saturated carbocycles. The summed E-state index contributed by atoms with van der Waals surface area (Å²) < 4.78 is 0. The highest BCUT2D eigenvalue weighted by molar-refractivity contribution is 5.87. The van der Waals surface area contributed by atoms with E-state index in [4.69, 9.17) is 0 Å². The van der Waals surface area contributed by atoms with Gasteiger partial charge in [-0.05, 0) is 77.5 Å². The molecule has 2 aromatic carbocycles. The minimum absolute atomic E-state index is 0.878. The summed E-state index contributed by atoms with van der Waals surface area (Å²) in [5, 5.41) is 2.77. The van der Waals surface area contributed by atoms with Gasteiger partial charge < -0.3 is 0 Å². The molecule has 0 radical (unpaired) electrons. The van der Waals surface area contributed by atoms with Crippen LogP contribution in [-0.4, -0.2) is 0 Å². The predicted molar refractivity (Wildman–Crippen MR) is 107 cm³/mol. The molecule has 0 saturated heterocycles. The van der Waals surface area contributed by atoms with Gasteiger partial charge in [-0.1, -0.05) is 70.0 Å². The van der Waals surface area contributed by atoms with Gasteiger partial charge >= 0.3 is 0 Å². The number of hydrogen-bond donors (Lipinski definition) is 0. The first-order valence-electron chi connectivity index (χ1n) is 9.91. The van der Waals surface area contributed by atoms with Crippen LogP contribution < -0.4 is 0 Å². The molecule has 0 spiro atoms. The highest BCUT2D eigenvalue weighted by Gasteiger charge is 2.17. The van der Waals surface area contributed by atoms with E-state index in [-0.39, 0.29) is 0 Å². The average Bonchev–Trinajstić information content (AvgIpc) is 2.62. The SMILES string of the molecule is CCCc1ccc2cc(C3=CCC(CC(C)CC)CC3)ccc2c1. The van der Waals surface area contributed by atoms with E-state index in [0.29, 0.717) is 0 Å². The molecule has 0 nitrogen and oxygen atoms in total. The highest BCUT2D eigenvalue weighted by atomic mass is 14.2. The smallest absolute Gasteiger partial charge is 0.0178 e. The fraction of sp³-hybridized carbons (Fsp3) is 0.500. The Labute approximate surface area is 148 Å². The second-order valence-corrected chi connectivity index (χ2v) is 7.77. The zero-order valence-corrected chi connectivity index (χ0v) is 15.6. The van der Waals surface area contributed by atoms with Crippen molar-refractivity contribution >= 4 is 16.3 Å². The van der Waals surface area contributed by atoms with Crippen molar-refractivity contribution in [1.29, 1.82) is 0 Å². The lowest BCUT2D eigenvalue weighted by molar-refractivity contribution is 0.362. The fourth-order valence-electron chi connectivity index (χ4n) is 4.04. The summed E-state index contributed by atoms with van der Waals surface area (Å²) >= 11 is 0. The first kappa shape index (κ1) is 17.3. The van der Waals surface area contributed by atoms with Crippen LogP contribution in [0.5, 0.6) is 0 Å². The lowest BCUT2D eigenvalue weighted by Gasteiger charge is -2.24. The minimum atomic E-state index is 0.878. The number of benzene rings is 2. The Morgan fingerprint density at radius 2 is 1.83 bits per heavy atom. The first-order valence-corrected chi connectivity index (χ1v) is 9.91. The molecule has 0 aromatic heterocycles. The molecule has 128 valence electrons. The summed E-state index contributed by atoms with van der Waals surface area (Å²) in [4.78, 5) is 0. The first-order chi connectivity index (χ1) is 11.7. The lowest BCUT2D eigenvalue weighted by Crippen LogP contribution is -2.09. The van der Waals surface area contributed by atoms with Gasteiger partial charge in [0.25, 0.3) is 0 Å². The van der Waals surface area contributed by atoms with E-state index in [9.17, 15) is 0 Å². The topological polar surface area (TPSA) is 0 Å². The maximum Gasteiger partial charge on any atom is -0.0178 e. The standard InChI is InChI=1S/C24H32/c1-4-6-19-9-12-24-17-23(14-13-22(24)16-19)21-10-7-20(8-11-21)15-18(3)5-2/h9-10,12-14,16-18,20H,4-8,11,15H2,1-3H3. The monoisotopic (exact) mass is 320 g/mol. The highest BCUT2D eigenvalue weighted by Crippen LogP contribution is 2.34. The number of rotatable bonds is 6. The second kappa shape index (κ2) is 8.01. The zero-order valence-electron chi connectivity index (χ0n) is 15.6. The van der Waals surface area contributed by atoms with Crippen molar-refractivity contribution in [2.45, 2.75) is 65.7 Å². The molecule has 2 unspecified atom stereocenters. The molecule has 3 rings (SSSR count). The predicted octanol–water partition coefficient (Wildman–Crippen LogP) is 7.41. The Bertz CT molecular complexity index is 707. The van der Waals surface area contributed by atoms with Crippen molar-refractivity contribution < 1.29 is 0 Å². The average molecular weight is 321 g/mol. The molecule has 2 aromatic rings. The van der Waals surface area contributed by atoms with Crippen molar-refractivity contribution in [2.24, 2.45) is 11.8 Å². The normalized spacial score (nSPS) is 19.3. The van der Waals surface area contributed by atoms with Gasteiger partial charge in [-0.2, -0.15) is 0 Å². The molecule has 0 fully saturated rings. The molecule has 1 aliphatic carbocycles. The second-order valence-electron chi connectivity index (χ2n) is 7.77. The number of aryl methyl sites for hydroxylation is 1. The molecule has 2 atom stereocenters.